The van der Waals surface area contributed by atoms with Crippen molar-refractivity contribution in [1.82, 2.24) is 4.90 Å². The van der Waals surface area contributed by atoms with Crippen LogP contribution < -0.4 is 5.32 Å². The third-order valence-electron chi connectivity index (χ3n) is 3.10. The summed E-state index contributed by atoms with van der Waals surface area (Å²) in [5.74, 6) is -0.884. The quantitative estimate of drug-likeness (QED) is 0.789. The number of carboxylic acid groups (broad SMARTS) is 1. The minimum Gasteiger partial charge on any atom is -0.478 e. The van der Waals surface area contributed by atoms with Crippen LogP contribution in [-0.2, 0) is 0 Å². The lowest BCUT2D eigenvalue weighted by molar-refractivity contribution is 0.0697. The number of anilines is 1. The summed E-state index contributed by atoms with van der Waals surface area (Å²) in [6, 6.07) is 7.64. The Morgan fingerprint density at radius 3 is 2.59 bits per heavy atom. The van der Waals surface area contributed by atoms with Crippen molar-refractivity contribution in [2.24, 2.45) is 0 Å². The third-order valence-corrected chi connectivity index (χ3v) is 3.10. The van der Waals surface area contributed by atoms with Crippen LogP contribution in [0.3, 0.4) is 0 Å². The van der Waals surface area contributed by atoms with Gasteiger partial charge >= 0.3 is 5.97 Å². The molecule has 4 nitrogen and oxygen atoms in total. The highest BCUT2D eigenvalue weighted by molar-refractivity contribution is 5.87. The maximum Gasteiger partial charge on any atom is 0.335 e. The van der Waals surface area contributed by atoms with Crippen molar-refractivity contribution in [3.05, 3.63) is 29.8 Å². The smallest absolute Gasteiger partial charge is 0.335 e. The molecule has 1 aliphatic carbocycles. The lowest BCUT2D eigenvalue weighted by Crippen LogP contribution is -2.26. The van der Waals surface area contributed by atoms with Gasteiger partial charge in [-0.25, -0.2) is 4.79 Å². The SMILES string of the molecule is CN(CCNc1ccc(C(=O)O)cc1)C1CC1. The van der Waals surface area contributed by atoms with E-state index in [1.54, 1.807) is 24.3 Å². The van der Waals surface area contributed by atoms with Crippen LogP contribution in [0.4, 0.5) is 5.69 Å². The summed E-state index contributed by atoms with van der Waals surface area (Å²) >= 11 is 0. The van der Waals surface area contributed by atoms with E-state index in [9.17, 15) is 4.79 Å². The standard InChI is InChI=1S/C13H18N2O2/c1-15(12-6-7-12)9-8-14-11-4-2-10(3-5-11)13(16)17/h2-5,12,14H,6-9H2,1H3,(H,16,17). The Morgan fingerprint density at radius 2 is 2.06 bits per heavy atom. The fourth-order valence-electron chi connectivity index (χ4n) is 1.81. The van der Waals surface area contributed by atoms with Gasteiger partial charge in [0.15, 0.2) is 0 Å². The minimum absolute atomic E-state index is 0.325. The first-order valence-electron chi connectivity index (χ1n) is 5.94. The summed E-state index contributed by atoms with van der Waals surface area (Å²) in [6.45, 7) is 1.91. The Labute approximate surface area is 101 Å². The molecule has 1 aliphatic rings. The summed E-state index contributed by atoms with van der Waals surface area (Å²) in [6.07, 6.45) is 2.65. The summed E-state index contributed by atoms with van der Waals surface area (Å²) < 4.78 is 0. The molecule has 0 bridgehead atoms. The van der Waals surface area contributed by atoms with Gasteiger partial charge in [0.2, 0.25) is 0 Å². The van der Waals surface area contributed by atoms with E-state index >= 15 is 0 Å². The molecule has 0 amide bonds. The molecule has 0 aromatic heterocycles. The monoisotopic (exact) mass is 234 g/mol. The van der Waals surface area contributed by atoms with Gasteiger partial charge < -0.3 is 15.3 Å². The maximum atomic E-state index is 10.7. The molecule has 0 atom stereocenters. The lowest BCUT2D eigenvalue weighted by Gasteiger charge is -2.16. The normalized spacial score (nSPS) is 14.9. The van der Waals surface area contributed by atoms with Crippen molar-refractivity contribution in [3.8, 4) is 0 Å². The second kappa shape index (κ2) is 5.19. The number of carboxylic acids is 1. The zero-order valence-electron chi connectivity index (χ0n) is 10.0. The van der Waals surface area contributed by atoms with Crippen molar-refractivity contribution < 1.29 is 9.90 Å². The molecular weight excluding hydrogens is 216 g/mol. The van der Waals surface area contributed by atoms with Gasteiger partial charge in [-0.3, -0.25) is 0 Å². The number of hydrogen-bond acceptors (Lipinski definition) is 3. The second-order valence-electron chi connectivity index (χ2n) is 4.52. The highest BCUT2D eigenvalue weighted by atomic mass is 16.4. The van der Waals surface area contributed by atoms with Crippen LogP contribution in [0.1, 0.15) is 23.2 Å². The molecule has 1 saturated carbocycles. The molecule has 92 valence electrons. The average Bonchev–Trinajstić information content (AvgIpc) is 3.13. The summed E-state index contributed by atoms with van der Waals surface area (Å²) in [5.41, 5.74) is 1.30. The number of carbonyl (C=O) groups is 1. The summed E-state index contributed by atoms with van der Waals surface area (Å²) in [5, 5.41) is 12.1. The number of hydrogen-bond donors (Lipinski definition) is 2. The second-order valence-corrected chi connectivity index (χ2v) is 4.52. The number of likely N-dealkylation sites (N-methyl/N-ethyl adjacent to an activating group) is 1. The van der Waals surface area contributed by atoms with Gasteiger partial charge in [0.05, 0.1) is 5.56 Å². The van der Waals surface area contributed by atoms with Crippen molar-refractivity contribution in [2.45, 2.75) is 18.9 Å². The predicted octanol–water partition coefficient (Wildman–Crippen LogP) is 1.89. The molecule has 1 fully saturated rings. The van der Waals surface area contributed by atoms with E-state index in [1.807, 2.05) is 0 Å². The first-order chi connectivity index (χ1) is 8.16. The largest absolute Gasteiger partial charge is 0.478 e. The van der Waals surface area contributed by atoms with E-state index in [0.29, 0.717) is 5.56 Å². The Bertz CT molecular complexity index is 385. The average molecular weight is 234 g/mol. The van der Waals surface area contributed by atoms with E-state index < -0.39 is 5.97 Å². The summed E-state index contributed by atoms with van der Waals surface area (Å²) in [4.78, 5) is 13.0. The minimum atomic E-state index is -0.884. The van der Waals surface area contributed by atoms with Crippen molar-refractivity contribution in [3.63, 3.8) is 0 Å². The maximum absolute atomic E-state index is 10.7. The Morgan fingerprint density at radius 1 is 1.41 bits per heavy atom. The molecule has 0 radical (unpaired) electrons. The fraction of sp³-hybridized carbons (Fsp3) is 0.462. The molecule has 2 rings (SSSR count). The zero-order chi connectivity index (χ0) is 12.3. The number of nitrogens with zero attached hydrogens (tertiary/aromatic N) is 1. The third kappa shape index (κ3) is 3.46. The molecule has 0 heterocycles. The van der Waals surface area contributed by atoms with E-state index in [4.69, 9.17) is 5.11 Å². The molecule has 0 saturated heterocycles. The van der Waals surface area contributed by atoms with Crippen LogP contribution in [0.5, 0.6) is 0 Å². The number of aromatic carboxylic acids is 1. The molecule has 0 spiro atoms. The van der Waals surface area contributed by atoms with Crippen molar-refractivity contribution in [1.29, 1.82) is 0 Å². The first kappa shape index (κ1) is 11.9. The Kier molecular flexibility index (Phi) is 3.64. The van der Waals surface area contributed by atoms with Gasteiger partial charge in [-0.2, -0.15) is 0 Å². The predicted molar refractivity (Wildman–Crippen MR) is 67.5 cm³/mol. The Hall–Kier alpha value is -1.55. The number of rotatable bonds is 6. The fourth-order valence-corrected chi connectivity index (χ4v) is 1.81. The molecular formula is C13H18N2O2. The molecule has 1 aromatic carbocycles. The van der Waals surface area contributed by atoms with E-state index in [2.05, 4.69) is 17.3 Å². The topological polar surface area (TPSA) is 52.6 Å². The Balaban J connectivity index is 1.76. The van der Waals surface area contributed by atoms with Crippen LogP contribution in [0.2, 0.25) is 0 Å². The van der Waals surface area contributed by atoms with Crippen LogP contribution in [0.15, 0.2) is 24.3 Å². The van der Waals surface area contributed by atoms with E-state index in [1.165, 1.54) is 12.8 Å². The van der Waals surface area contributed by atoms with Gasteiger partial charge in [0.25, 0.3) is 0 Å². The summed E-state index contributed by atoms with van der Waals surface area (Å²) in [7, 11) is 2.15. The van der Waals surface area contributed by atoms with Crippen LogP contribution in [0, 0.1) is 0 Å². The van der Waals surface area contributed by atoms with Crippen molar-refractivity contribution >= 4 is 11.7 Å². The molecule has 17 heavy (non-hydrogen) atoms. The number of nitrogens with one attached hydrogen (secondary N) is 1. The van der Waals surface area contributed by atoms with E-state index in [-0.39, 0.29) is 0 Å². The van der Waals surface area contributed by atoms with Crippen molar-refractivity contribution in [2.75, 3.05) is 25.5 Å². The zero-order valence-corrected chi connectivity index (χ0v) is 10.0. The van der Waals surface area contributed by atoms with E-state index in [0.717, 1.165) is 24.8 Å². The highest BCUT2D eigenvalue weighted by Crippen LogP contribution is 2.24. The molecule has 0 unspecified atom stereocenters. The molecule has 0 aliphatic heterocycles. The lowest BCUT2D eigenvalue weighted by atomic mass is 10.2. The van der Waals surface area contributed by atoms with Crippen LogP contribution in [0.25, 0.3) is 0 Å². The molecule has 2 N–H and O–H groups in total. The van der Waals surface area contributed by atoms with Crippen LogP contribution in [-0.4, -0.2) is 42.2 Å². The highest BCUT2D eigenvalue weighted by Gasteiger charge is 2.25. The van der Waals surface area contributed by atoms with Gasteiger partial charge in [-0.05, 0) is 44.2 Å². The molecule has 4 heteroatoms. The number of benzene rings is 1. The van der Waals surface area contributed by atoms with Crippen LogP contribution >= 0.6 is 0 Å². The van der Waals surface area contributed by atoms with Gasteiger partial charge in [0, 0.05) is 24.8 Å². The van der Waals surface area contributed by atoms with Gasteiger partial charge in [0.1, 0.15) is 0 Å². The van der Waals surface area contributed by atoms with Gasteiger partial charge in [-0.1, -0.05) is 0 Å². The molecule has 1 aromatic rings. The van der Waals surface area contributed by atoms with Gasteiger partial charge in [-0.15, -0.1) is 0 Å². The first-order valence-corrected chi connectivity index (χ1v) is 5.94.